The van der Waals surface area contributed by atoms with E-state index in [9.17, 15) is 13.2 Å². The second-order valence-electron chi connectivity index (χ2n) is 5.02. The average molecular weight is 369 g/mol. The van der Waals surface area contributed by atoms with E-state index in [-0.39, 0.29) is 21.3 Å². The fourth-order valence-corrected chi connectivity index (χ4v) is 4.50. The molecular weight excluding hydrogens is 354 g/mol. The van der Waals surface area contributed by atoms with Gasteiger partial charge in [0.25, 0.3) is 15.9 Å². The van der Waals surface area contributed by atoms with Crippen LogP contribution in [0.1, 0.15) is 20.9 Å². The van der Waals surface area contributed by atoms with Gasteiger partial charge in [-0.2, -0.15) is 0 Å². The SMILES string of the molecule is COc1ccc(S(=O)(=O)Nc2nc3c(s2)COCC3)cc1C(N)=O. The van der Waals surface area contributed by atoms with Crippen LogP contribution in [0, 0.1) is 0 Å². The Hall–Kier alpha value is -2.17. The number of hydrogen-bond donors (Lipinski definition) is 2. The van der Waals surface area contributed by atoms with Gasteiger partial charge in [0.1, 0.15) is 5.75 Å². The van der Waals surface area contributed by atoms with Crippen molar-refractivity contribution in [3.63, 3.8) is 0 Å². The standard InChI is InChI=1S/C14H15N3O5S2/c1-21-11-3-2-8(6-9(11)13(15)18)24(19,20)17-14-16-10-4-5-22-7-12(10)23-14/h2-3,6H,4-5,7H2,1H3,(H2,15,18)(H,16,17). The monoisotopic (exact) mass is 369 g/mol. The molecule has 8 nitrogen and oxygen atoms in total. The third-order valence-corrected chi connectivity index (χ3v) is 5.92. The lowest BCUT2D eigenvalue weighted by Gasteiger charge is -2.09. The molecule has 3 N–H and O–H groups in total. The highest BCUT2D eigenvalue weighted by atomic mass is 32.2. The predicted octanol–water partition coefficient (Wildman–Crippen LogP) is 1.12. The number of thiazole rings is 1. The van der Waals surface area contributed by atoms with Crippen molar-refractivity contribution in [2.45, 2.75) is 17.9 Å². The summed E-state index contributed by atoms with van der Waals surface area (Å²) in [6, 6.07) is 3.90. The molecule has 1 amide bonds. The van der Waals surface area contributed by atoms with Crippen molar-refractivity contribution < 1.29 is 22.7 Å². The summed E-state index contributed by atoms with van der Waals surface area (Å²) in [6.07, 6.45) is 0.655. The zero-order valence-electron chi connectivity index (χ0n) is 12.7. The Balaban J connectivity index is 1.91. The molecule has 1 aliphatic rings. The van der Waals surface area contributed by atoms with Gasteiger partial charge < -0.3 is 15.2 Å². The Morgan fingerprint density at radius 2 is 2.25 bits per heavy atom. The van der Waals surface area contributed by atoms with E-state index in [2.05, 4.69) is 9.71 Å². The van der Waals surface area contributed by atoms with Crippen LogP contribution in [-0.4, -0.2) is 33.0 Å². The maximum atomic E-state index is 12.5. The number of fused-ring (bicyclic) bond motifs is 1. The van der Waals surface area contributed by atoms with E-state index < -0.39 is 15.9 Å². The van der Waals surface area contributed by atoms with Gasteiger partial charge in [-0.1, -0.05) is 11.3 Å². The molecule has 3 rings (SSSR count). The largest absolute Gasteiger partial charge is 0.496 e. The smallest absolute Gasteiger partial charge is 0.263 e. The van der Waals surface area contributed by atoms with E-state index >= 15 is 0 Å². The number of nitrogens with one attached hydrogen (secondary N) is 1. The number of carbonyl (C=O) groups excluding carboxylic acids is 1. The zero-order chi connectivity index (χ0) is 17.3. The van der Waals surface area contributed by atoms with Crippen molar-refractivity contribution in [3.05, 3.63) is 34.3 Å². The van der Waals surface area contributed by atoms with Crippen LogP contribution in [0.3, 0.4) is 0 Å². The number of aromatic nitrogens is 1. The molecule has 0 saturated carbocycles. The molecule has 0 aliphatic carbocycles. The Bertz CT molecular complexity index is 868. The van der Waals surface area contributed by atoms with Crippen molar-refractivity contribution in [1.29, 1.82) is 0 Å². The molecule has 0 unspecified atom stereocenters. The number of nitrogens with two attached hydrogens (primary N) is 1. The highest BCUT2D eigenvalue weighted by Crippen LogP contribution is 2.29. The van der Waals surface area contributed by atoms with Crippen LogP contribution < -0.4 is 15.2 Å². The summed E-state index contributed by atoms with van der Waals surface area (Å²) in [7, 11) is -2.53. The van der Waals surface area contributed by atoms with Crippen molar-refractivity contribution in [2.75, 3.05) is 18.4 Å². The second kappa shape index (κ2) is 6.38. The fourth-order valence-electron chi connectivity index (χ4n) is 2.29. The van der Waals surface area contributed by atoms with E-state index in [1.807, 2.05) is 0 Å². The topological polar surface area (TPSA) is 121 Å². The molecular formula is C14H15N3O5S2. The summed E-state index contributed by atoms with van der Waals surface area (Å²) in [6.45, 7) is 1.01. The third kappa shape index (κ3) is 3.21. The molecule has 0 fully saturated rings. The number of primary amides is 1. The number of anilines is 1. The minimum Gasteiger partial charge on any atom is -0.496 e. The molecule has 10 heteroatoms. The van der Waals surface area contributed by atoms with Gasteiger partial charge in [-0.3, -0.25) is 9.52 Å². The van der Waals surface area contributed by atoms with E-state index in [1.54, 1.807) is 0 Å². The van der Waals surface area contributed by atoms with Crippen LogP contribution in [0.15, 0.2) is 23.1 Å². The molecule has 1 aliphatic heterocycles. The first-order valence-electron chi connectivity index (χ1n) is 6.97. The minimum absolute atomic E-state index is 0.00721. The summed E-state index contributed by atoms with van der Waals surface area (Å²) in [5.74, 6) is -0.561. The Morgan fingerprint density at radius 3 is 2.92 bits per heavy atom. The lowest BCUT2D eigenvalue weighted by molar-refractivity contribution is 0.0997. The van der Waals surface area contributed by atoms with Crippen LogP contribution in [-0.2, 0) is 27.8 Å². The van der Waals surface area contributed by atoms with Crippen LogP contribution in [0.5, 0.6) is 5.75 Å². The maximum Gasteiger partial charge on any atom is 0.263 e. The highest BCUT2D eigenvalue weighted by Gasteiger charge is 2.22. The van der Waals surface area contributed by atoms with E-state index in [1.165, 1.54) is 36.6 Å². The van der Waals surface area contributed by atoms with Crippen LogP contribution in [0.2, 0.25) is 0 Å². The van der Waals surface area contributed by atoms with Gasteiger partial charge in [-0.05, 0) is 18.2 Å². The first-order chi connectivity index (χ1) is 11.4. The van der Waals surface area contributed by atoms with Crippen molar-refractivity contribution in [1.82, 2.24) is 4.98 Å². The highest BCUT2D eigenvalue weighted by molar-refractivity contribution is 7.93. The molecule has 0 saturated heterocycles. The van der Waals surface area contributed by atoms with Gasteiger partial charge in [0, 0.05) is 6.42 Å². The summed E-state index contributed by atoms with van der Waals surface area (Å²) < 4.78 is 37.8. The summed E-state index contributed by atoms with van der Waals surface area (Å²) in [5.41, 5.74) is 6.10. The molecule has 0 spiro atoms. The Labute approximate surface area is 142 Å². The quantitative estimate of drug-likeness (QED) is 0.815. The number of hydrogen-bond acceptors (Lipinski definition) is 7. The number of methoxy groups -OCH3 is 1. The Kier molecular flexibility index (Phi) is 4.43. The number of amides is 1. The Morgan fingerprint density at radius 1 is 1.46 bits per heavy atom. The van der Waals surface area contributed by atoms with Crippen LogP contribution in [0.4, 0.5) is 5.13 Å². The molecule has 2 heterocycles. The maximum absolute atomic E-state index is 12.5. The van der Waals surface area contributed by atoms with Gasteiger partial charge in [0.2, 0.25) is 0 Å². The molecule has 0 bridgehead atoms. The number of rotatable bonds is 5. The zero-order valence-corrected chi connectivity index (χ0v) is 14.4. The van der Waals surface area contributed by atoms with E-state index in [4.69, 9.17) is 15.2 Å². The summed E-state index contributed by atoms with van der Waals surface area (Å²) >= 11 is 1.23. The third-order valence-electron chi connectivity index (χ3n) is 3.46. The lowest BCUT2D eigenvalue weighted by atomic mass is 10.2. The number of nitrogens with zero attached hydrogens (tertiary/aromatic N) is 1. The summed E-state index contributed by atoms with van der Waals surface area (Å²) in [4.78, 5) is 16.6. The minimum atomic E-state index is -3.90. The molecule has 24 heavy (non-hydrogen) atoms. The number of ether oxygens (including phenoxy) is 2. The van der Waals surface area contributed by atoms with Crippen molar-refractivity contribution in [3.8, 4) is 5.75 Å². The summed E-state index contributed by atoms with van der Waals surface area (Å²) in [5, 5.41) is 0.266. The number of sulfonamides is 1. The predicted molar refractivity (Wildman–Crippen MR) is 87.8 cm³/mol. The number of carbonyl (C=O) groups is 1. The van der Waals surface area contributed by atoms with E-state index in [0.717, 1.165) is 10.6 Å². The molecule has 1 aromatic heterocycles. The molecule has 1 aromatic carbocycles. The van der Waals surface area contributed by atoms with Gasteiger partial charge in [0.15, 0.2) is 5.13 Å². The van der Waals surface area contributed by atoms with Gasteiger partial charge in [0.05, 0.1) is 41.4 Å². The second-order valence-corrected chi connectivity index (χ2v) is 7.79. The van der Waals surface area contributed by atoms with Crippen LogP contribution in [0.25, 0.3) is 0 Å². The molecule has 0 atom stereocenters. The molecule has 2 aromatic rings. The van der Waals surface area contributed by atoms with Gasteiger partial charge >= 0.3 is 0 Å². The molecule has 128 valence electrons. The first-order valence-corrected chi connectivity index (χ1v) is 9.27. The van der Waals surface area contributed by atoms with Crippen molar-refractivity contribution >= 4 is 32.4 Å². The fraction of sp³-hybridized carbons (Fsp3) is 0.286. The van der Waals surface area contributed by atoms with Gasteiger partial charge in [-0.25, -0.2) is 13.4 Å². The van der Waals surface area contributed by atoms with Crippen LogP contribution >= 0.6 is 11.3 Å². The van der Waals surface area contributed by atoms with E-state index in [0.29, 0.717) is 19.6 Å². The molecule has 0 radical (unpaired) electrons. The first kappa shape index (κ1) is 16.7. The van der Waals surface area contributed by atoms with Crippen molar-refractivity contribution in [2.24, 2.45) is 5.73 Å². The number of benzene rings is 1. The normalized spacial score (nSPS) is 14.0. The lowest BCUT2D eigenvalue weighted by Crippen LogP contribution is -2.16. The van der Waals surface area contributed by atoms with Gasteiger partial charge in [-0.15, -0.1) is 0 Å². The average Bonchev–Trinajstić information content (AvgIpc) is 2.95.